The molecule has 0 spiro atoms. The van der Waals surface area contributed by atoms with Gasteiger partial charge in [0.1, 0.15) is 0 Å². The van der Waals surface area contributed by atoms with Crippen LogP contribution in [-0.4, -0.2) is 6.54 Å². The van der Waals surface area contributed by atoms with Gasteiger partial charge in [0.05, 0.1) is 11.4 Å². The van der Waals surface area contributed by atoms with E-state index in [-0.39, 0.29) is 0 Å². The van der Waals surface area contributed by atoms with Crippen molar-refractivity contribution in [2.75, 3.05) is 23.3 Å². The quantitative estimate of drug-likeness (QED) is 0.501. The lowest BCUT2D eigenvalue weighted by atomic mass is 10.0. The van der Waals surface area contributed by atoms with Gasteiger partial charge in [0.15, 0.2) is 0 Å². The van der Waals surface area contributed by atoms with Crippen LogP contribution < -0.4 is 16.8 Å². The Morgan fingerprint density at radius 1 is 1.00 bits per heavy atom. The molecule has 0 radical (unpaired) electrons. The van der Waals surface area contributed by atoms with Crippen LogP contribution in [0.2, 0.25) is 0 Å². The first kappa shape index (κ1) is 13.7. The van der Waals surface area contributed by atoms with E-state index < -0.39 is 0 Å². The number of aryl methyl sites for hydroxylation is 1. The Morgan fingerprint density at radius 3 is 2.35 bits per heavy atom. The number of anilines is 3. The highest BCUT2D eigenvalue weighted by atomic mass is 14.9. The molecule has 0 amide bonds. The summed E-state index contributed by atoms with van der Waals surface area (Å²) in [5, 5.41) is 3.33. The lowest BCUT2D eigenvalue weighted by Crippen LogP contribution is -2.06. The highest BCUT2D eigenvalue weighted by Gasteiger charge is 2.05. The summed E-state index contributed by atoms with van der Waals surface area (Å²) in [6, 6.07) is 3.98. The second-order valence-electron chi connectivity index (χ2n) is 4.52. The number of nitrogens with two attached hydrogens (primary N) is 2. The van der Waals surface area contributed by atoms with Crippen molar-refractivity contribution in [1.82, 2.24) is 0 Å². The minimum Gasteiger partial charge on any atom is -0.398 e. The molecule has 0 unspecified atom stereocenters. The van der Waals surface area contributed by atoms with Gasteiger partial charge in [-0.15, -0.1) is 0 Å². The predicted octanol–water partition coefficient (Wildman–Crippen LogP) is 3.41. The summed E-state index contributed by atoms with van der Waals surface area (Å²) in [7, 11) is 0. The Bertz CT molecular complexity index is 348. The molecule has 0 aliphatic carbocycles. The first-order valence-electron chi connectivity index (χ1n) is 6.60. The molecular formula is C14H25N3. The van der Waals surface area contributed by atoms with Gasteiger partial charge in [-0.2, -0.15) is 0 Å². The first-order chi connectivity index (χ1) is 8.19. The fourth-order valence-electron chi connectivity index (χ4n) is 1.82. The SMILES string of the molecule is CCCCNc1cc(N)c(CCCC)cc1N. The summed E-state index contributed by atoms with van der Waals surface area (Å²) in [6.07, 6.45) is 5.68. The fourth-order valence-corrected chi connectivity index (χ4v) is 1.82. The summed E-state index contributed by atoms with van der Waals surface area (Å²) in [6.45, 7) is 5.31. The molecule has 0 aliphatic heterocycles. The summed E-state index contributed by atoms with van der Waals surface area (Å²) in [4.78, 5) is 0. The molecule has 0 fully saturated rings. The average Bonchev–Trinajstić information content (AvgIpc) is 2.31. The summed E-state index contributed by atoms with van der Waals surface area (Å²) < 4.78 is 0. The fraction of sp³-hybridized carbons (Fsp3) is 0.571. The van der Waals surface area contributed by atoms with Gasteiger partial charge < -0.3 is 16.8 Å². The number of rotatable bonds is 7. The van der Waals surface area contributed by atoms with Gasteiger partial charge in [0, 0.05) is 12.2 Å². The van der Waals surface area contributed by atoms with Crippen LogP contribution in [0.25, 0.3) is 0 Å². The Hall–Kier alpha value is -1.38. The molecule has 1 aromatic rings. The van der Waals surface area contributed by atoms with Gasteiger partial charge in [0.25, 0.3) is 0 Å². The molecule has 3 nitrogen and oxygen atoms in total. The van der Waals surface area contributed by atoms with Crippen molar-refractivity contribution in [1.29, 1.82) is 0 Å². The Labute approximate surface area is 105 Å². The van der Waals surface area contributed by atoms with Gasteiger partial charge in [-0.25, -0.2) is 0 Å². The largest absolute Gasteiger partial charge is 0.398 e. The average molecular weight is 235 g/mol. The van der Waals surface area contributed by atoms with Crippen LogP contribution in [0, 0.1) is 0 Å². The molecule has 17 heavy (non-hydrogen) atoms. The molecule has 1 rings (SSSR count). The van der Waals surface area contributed by atoms with Crippen LogP contribution in [0.5, 0.6) is 0 Å². The minimum absolute atomic E-state index is 0.807. The number of benzene rings is 1. The van der Waals surface area contributed by atoms with Crippen molar-refractivity contribution in [3.8, 4) is 0 Å². The molecule has 5 N–H and O–H groups in total. The smallest absolute Gasteiger partial charge is 0.0594 e. The second-order valence-corrected chi connectivity index (χ2v) is 4.52. The molecule has 0 saturated heterocycles. The molecule has 3 heteroatoms. The van der Waals surface area contributed by atoms with Crippen molar-refractivity contribution < 1.29 is 0 Å². The predicted molar refractivity (Wildman–Crippen MR) is 77.3 cm³/mol. The van der Waals surface area contributed by atoms with Crippen LogP contribution in [0.1, 0.15) is 45.1 Å². The maximum atomic E-state index is 6.04. The van der Waals surface area contributed by atoms with Gasteiger partial charge in [-0.1, -0.05) is 26.7 Å². The van der Waals surface area contributed by atoms with Crippen molar-refractivity contribution >= 4 is 17.1 Å². The maximum Gasteiger partial charge on any atom is 0.0594 e. The molecular weight excluding hydrogens is 210 g/mol. The van der Waals surface area contributed by atoms with Gasteiger partial charge >= 0.3 is 0 Å². The van der Waals surface area contributed by atoms with Crippen LogP contribution in [0.4, 0.5) is 17.1 Å². The number of hydrogen-bond acceptors (Lipinski definition) is 3. The highest BCUT2D eigenvalue weighted by molar-refractivity contribution is 5.73. The van der Waals surface area contributed by atoms with Crippen LogP contribution in [0.15, 0.2) is 12.1 Å². The standard InChI is InChI=1S/C14H25N3/c1-3-5-7-11-9-13(16)14(10-12(11)15)17-8-6-4-2/h9-10,17H,3-8,15-16H2,1-2H3. The van der Waals surface area contributed by atoms with Gasteiger partial charge in [-0.3, -0.25) is 0 Å². The lowest BCUT2D eigenvalue weighted by molar-refractivity contribution is 0.796. The molecule has 0 aromatic heterocycles. The monoisotopic (exact) mass is 235 g/mol. The molecule has 96 valence electrons. The molecule has 0 heterocycles. The third-order valence-corrected chi connectivity index (χ3v) is 2.96. The molecule has 0 atom stereocenters. The van der Waals surface area contributed by atoms with Crippen LogP contribution in [0.3, 0.4) is 0 Å². The van der Waals surface area contributed by atoms with E-state index in [0.717, 1.165) is 42.9 Å². The third kappa shape index (κ3) is 4.17. The normalized spacial score (nSPS) is 10.5. The van der Waals surface area contributed by atoms with E-state index in [1.54, 1.807) is 0 Å². The van der Waals surface area contributed by atoms with Crippen LogP contribution in [-0.2, 0) is 6.42 Å². The summed E-state index contributed by atoms with van der Waals surface area (Å²) in [5.74, 6) is 0. The van der Waals surface area contributed by atoms with Crippen molar-refractivity contribution in [3.63, 3.8) is 0 Å². The lowest BCUT2D eigenvalue weighted by Gasteiger charge is -2.13. The van der Waals surface area contributed by atoms with Crippen molar-refractivity contribution in [2.45, 2.75) is 46.0 Å². The van der Waals surface area contributed by atoms with E-state index in [9.17, 15) is 0 Å². The zero-order valence-electron chi connectivity index (χ0n) is 11.1. The number of nitrogens with one attached hydrogen (secondary N) is 1. The molecule has 0 bridgehead atoms. The Balaban J connectivity index is 2.71. The Morgan fingerprint density at radius 2 is 1.71 bits per heavy atom. The van der Waals surface area contributed by atoms with E-state index in [1.165, 1.54) is 18.4 Å². The van der Waals surface area contributed by atoms with Crippen molar-refractivity contribution in [3.05, 3.63) is 17.7 Å². The minimum atomic E-state index is 0.807. The van der Waals surface area contributed by atoms with Gasteiger partial charge in [-0.05, 0) is 37.0 Å². The van der Waals surface area contributed by atoms with E-state index in [0.29, 0.717) is 0 Å². The Kier molecular flexibility index (Phi) is 5.67. The molecule has 1 aromatic carbocycles. The van der Waals surface area contributed by atoms with E-state index in [4.69, 9.17) is 11.5 Å². The third-order valence-electron chi connectivity index (χ3n) is 2.96. The highest BCUT2D eigenvalue weighted by Crippen LogP contribution is 2.26. The van der Waals surface area contributed by atoms with E-state index in [1.807, 2.05) is 12.1 Å². The first-order valence-corrected chi connectivity index (χ1v) is 6.60. The summed E-state index contributed by atoms with van der Waals surface area (Å²) in [5.41, 5.74) is 15.9. The number of nitrogen functional groups attached to an aromatic ring is 2. The zero-order chi connectivity index (χ0) is 12.7. The molecule has 0 saturated carbocycles. The van der Waals surface area contributed by atoms with Crippen LogP contribution >= 0.6 is 0 Å². The van der Waals surface area contributed by atoms with E-state index >= 15 is 0 Å². The topological polar surface area (TPSA) is 64.1 Å². The van der Waals surface area contributed by atoms with Crippen molar-refractivity contribution in [2.24, 2.45) is 0 Å². The molecule has 0 aliphatic rings. The van der Waals surface area contributed by atoms with Gasteiger partial charge in [0.2, 0.25) is 0 Å². The zero-order valence-corrected chi connectivity index (χ0v) is 11.1. The second kappa shape index (κ2) is 7.05. The maximum absolute atomic E-state index is 6.04. The number of hydrogen-bond donors (Lipinski definition) is 3. The van der Waals surface area contributed by atoms with E-state index in [2.05, 4.69) is 19.2 Å². The summed E-state index contributed by atoms with van der Waals surface area (Å²) >= 11 is 0. The number of unbranched alkanes of at least 4 members (excludes halogenated alkanes) is 2.